The number of para-hydroxylation sites is 1. The van der Waals surface area contributed by atoms with E-state index < -0.39 is 11.7 Å². The molecule has 44 heavy (non-hydrogen) atoms. The molecule has 0 aliphatic carbocycles. The Hall–Kier alpha value is -4.84. The zero-order chi connectivity index (χ0) is 31.3. The van der Waals surface area contributed by atoms with Crippen molar-refractivity contribution in [2.45, 2.75) is 32.9 Å². The van der Waals surface area contributed by atoms with Gasteiger partial charge in [0.05, 0.1) is 37.3 Å². The molecule has 2 N–H and O–H groups in total. The van der Waals surface area contributed by atoms with E-state index in [0.29, 0.717) is 31.3 Å². The van der Waals surface area contributed by atoms with E-state index >= 15 is 0 Å². The lowest BCUT2D eigenvalue weighted by atomic mass is 10.1. The SMILES string of the molecule is COc1cc(CN2CCN(C(=O)CNC(=O)OC(C)(C)C)CC2)ccc1Nc1ncc2ccc(-c3ccccc3OC)n2n1. The van der Waals surface area contributed by atoms with Gasteiger partial charge in [0, 0.05) is 38.3 Å². The number of anilines is 2. The van der Waals surface area contributed by atoms with Gasteiger partial charge in [-0.3, -0.25) is 9.69 Å². The predicted molar refractivity (Wildman–Crippen MR) is 167 cm³/mol. The van der Waals surface area contributed by atoms with Gasteiger partial charge in [0.25, 0.3) is 0 Å². The first kappa shape index (κ1) is 30.6. The Labute approximate surface area is 256 Å². The summed E-state index contributed by atoms with van der Waals surface area (Å²) in [6.45, 7) is 8.59. The predicted octanol–water partition coefficient (Wildman–Crippen LogP) is 4.33. The van der Waals surface area contributed by atoms with Crippen LogP contribution in [0.2, 0.25) is 0 Å². The minimum Gasteiger partial charge on any atom is -0.496 e. The van der Waals surface area contributed by atoms with Crippen LogP contribution in [-0.4, -0.2) is 88.9 Å². The molecule has 0 atom stereocenters. The average molecular weight is 602 g/mol. The molecule has 1 aliphatic heterocycles. The summed E-state index contributed by atoms with van der Waals surface area (Å²) in [6, 6.07) is 17.8. The van der Waals surface area contributed by atoms with Crippen LogP contribution in [0.4, 0.5) is 16.4 Å². The third kappa shape index (κ3) is 7.38. The van der Waals surface area contributed by atoms with E-state index in [1.54, 1.807) is 46.1 Å². The Morgan fingerprint density at radius 1 is 0.932 bits per heavy atom. The van der Waals surface area contributed by atoms with Crippen LogP contribution in [0.1, 0.15) is 26.3 Å². The molecule has 232 valence electrons. The lowest BCUT2D eigenvalue weighted by molar-refractivity contribution is -0.132. The van der Waals surface area contributed by atoms with Gasteiger partial charge in [-0.15, -0.1) is 5.10 Å². The third-order valence-electron chi connectivity index (χ3n) is 7.21. The fourth-order valence-electron chi connectivity index (χ4n) is 5.06. The van der Waals surface area contributed by atoms with Crippen molar-refractivity contribution in [3.05, 3.63) is 66.4 Å². The molecule has 12 nitrogen and oxygen atoms in total. The minimum atomic E-state index is -0.609. The fraction of sp³-hybridized carbons (Fsp3) is 0.375. The zero-order valence-corrected chi connectivity index (χ0v) is 25.8. The number of nitrogens with zero attached hydrogens (tertiary/aromatic N) is 5. The molecule has 0 bridgehead atoms. The quantitative estimate of drug-likeness (QED) is 0.289. The number of nitrogens with one attached hydrogen (secondary N) is 2. The first-order chi connectivity index (χ1) is 21.1. The van der Waals surface area contributed by atoms with Crippen molar-refractivity contribution in [3.8, 4) is 22.8 Å². The summed E-state index contributed by atoms with van der Waals surface area (Å²) in [4.78, 5) is 33.0. The van der Waals surface area contributed by atoms with Gasteiger partial charge in [0.15, 0.2) is 0 Å². The molecular formula is C32H39N7O5. The highest BCUT2D eigenvalue weighted by molar-refractivity contribution is 5.82. The lowest BCUT2D eigenvalue weighted by Crippen LogP contribution is -2.51. The average Bonchev–Trinajstić information content (AvgIpc) is 3.43. The second kappa shape index (κ2) is 13.2. The summed E-state index contributed by atoms with van der Waals surface area (Å²) in [5, 5.41) is 10.6. The van der Waals surface area contributed by atoms with Crippen LogP contribution >= 0.6 is 0 Å². The number of aromatic nitrogens is 3. The molecule has 12 heteroatoms. The monoisotopic (exact) mass is 601 g/mol. The van der Waals surface area contributed by atoms with E-state index in [4.69, 9.17) is 19.3 Å². The molecule has 4 aromatic rings. The maximum Gasteiger partial charge on any atom is 0.408 e. The molecular weight excluding hydrogens is 562 g/mol. The summed E-state index contributed by atoms with van der Waals surface area (Å²) in [5.41, 5.74) is 3.91. The van der Waals surface area contributed by atoms with Crippen molar-refractivity contribution in [1.29, 1.82) is 0 Å². The van der Waals surface area contributed by atoms with Gasteiger partial charge in [-0.2, -0.15) is 0 Å². The smallest absolute Gasteiger partial charge is 0.408 e. The summed E-state index contributed by atoms with van der Waals surface area (Å²) in [7, 11) is 3.29. The van der Waals surface area contributed by atoms with Crippen molar-refractivity contribution >= 4 is 29.2 Å². The number of methoxy groups -OCH3 is 2. The summed E-state index contributed by atoms with van der Waals surface area (Å²) in [5.74, 6) is 1.74. The summed E-state index contributed by atoms with van der Waals surface area (Å²) < 4.78 is 18.3. The highest BCUT2D eigenvalue weighted by atomic mass is 16.6. The number of benzene rings is 2. The van der Waals surface area contributed by atoms with Gasteiger partial charge >= 0.3 is 6.09 Å². The van der Waals surface area contributed by atoms with Crippen molar-refractivity contribution in [2.24, 2.45) is 0 Å². The second-order valence-corrected chi connectivity index (χ2v) is 11.5. The molecule has 2 aromatic heterocycles. The van der Waals surface area contributed by atoms with Gasteiger partial charge in [-0.05, 0) is 62.7 Å². The van der Waals surface area contributed by atoms with E-state index in [1.165, 1.54) is 0 Å². The number of hydrogen-bond donors (Lipinski definition) is 2. The maximum absolute atomic E-state index is 12.6. The molecule has 5 rings (SSSR count). The Morgan fingerprint density at radius 2 is 1.68 bits per heavy atom. The van der Waals surface area contributed by atoms with Gasteiger partial charge in [-0.1, -0.05) is 18.2 Å². The standard InChI is InChI=1S/C32H39N7O5/c1-32(2,3)44-31(41)34-20-29(40)38-16-14-37(15-17-38)21-22-10-12-25(28(18-22)43-5)35-30-33-19-23-11-13-26(39(23)36-30)24-8-6-7-9-27(24)42-4/h6-13,18-19H,14-17,20-21H2,1-5H3,(H,34,41)(H,35,36). The number of piperazine rings is 1. The minimum absolute atomic E-state index is 0.0800. The number of alkyl carbamates (subject to hydrolysis) is 1. The Morgan fingerprint density at radius 3 is 2.41 bits per heavy atom. The van der Waals surface area contributed by atoms with Gasteiger partial charge < -0.3 is 29.7 Å². The highest BCUT2D eigenvalue weighted by Crippen LogP contribution is 2.32. The Bertz CT molecular complexity index is 1620. The first-order valence-electron chi connectivity index (χ1n) is 14.5. The van der Waals surface area contributed by atoms with Crippen molar-refractivity contribution < 1.29 is 23.8 Å². The first-order valence-corrected chi connectivity index (χ1v) is 14.5. The highest BCUT2D eigenvalue weighted by Gasteiger charge is 2.23. The summed E-state index contributed by atoms with van der Waals surface area (Å²) >= 11 is 0. The number of carbonyl (C=O) groups is 2. The van der Waals surface area contributed by atoms with Crippen LogP contribution in [0.5, 0.6) is 11.5 Å². The normalized spacial score (nSPS) is 13.9. The van der Waals surface area contributed by atoms with Gasteiger partial charge in [0.2, 0.25) is 11.9 Å². The van der Waals surface area contributed by atoms with Crippen LogP contribution in [0, 0.1) is 0 Å². The second-order valence-electron chi connectivity index (χ2n) is 11.5. The molecule has 1 fully saturated rings. The number of hydrogen-bond acceptors (Lipinski definition) is 9. The summed E-state index contributed by atoms with van der Waals surface area (Å²) in [6.07, 6.45) is 1.18. The topological polar surface area (TPSA) is 123 Å². The van der Waals surface area contributed by atoms with Crippen LogP contribution in [0.15, 0.2) is 60.8 Å². The zero-order valence-electron chi connectivity index (χ0n) is 25.8. The van der Waals surface area contributed by atoms with Crippen LogP contribution in [0.25, 0.3) is 16.8 Å². The molecule has 2 aromatic carbocycles. The van der Waals surface area contributed by atoms with E-state index in [0.717, 1.165) is 46.9 Å². The Kier molecular flexibility index (Phi) is 9.19. The molecule has 3 heterocycles. The van der Waals surface area contributed by atoms with Crippen LogP contribution in [-0.2, 0) is 16.1 Å². The molecule has 1 saturated heterocycles. The van der Waals surface area contributed by atoms with E-state index in [-0.39, 0.29) is 12.5 Å². The molecule has 0 radical (unpaired) electrons. The van der Waals surface area contributed by atoms with E-state index in [1.807, 2.05) is 59.1 Å². The largest absolute Gasteiger partial charge is 0.496 e. The lowest BCUT2D eigenvalue weighted by Gasteiger charge is -2.35. The number of carbonyl (C=O) groups excluding carboxylic acids is 2. The van der Waals surface area contributed by atoms with Crippen molar-refractivity contribution in [3.63, 3.8) is 0 Å². The molecule has 1 aliphatic rings. The number of rotatable bonds is 9. The van der Waals surface area contributed by atoms with Crippen molar-refractivity contribution in [1.82, 2.24) is 29.7 Å². The number of fused-ring (bicyclic) bond motifs is 1. The van der Waals surface area contributed by atoms with Crippen molar-refractivity contribution in [2.75, 3.05) is 52.3 Å². The Balaban J connectivity index is 1.19. The van der Waals surface area contributed by atoms with Gasteiger partial charge in [-0.25, -0.2) is 14.3 Å². The number of ether oxygens (including phenoxy) is 3. The molecule has 0 spiro atoms. The third-order valence-corrected chi connectivity index (χ3v) is 7.21. The number of amides is 2. The molecule has 0 saturated carbocycles. The van der Waals surface area contributed by atoms with Crippen LogP contribution < -0.4 is 20.1 Å². The van der Waals surface area contributed by atoms with Crippen LogP contribution in [0.3, 0.4) is 0 Å². The fourth-order valence-corrected chi connectivity index (χ4v) is 5.06. The maximum atomic E-state index is 12.6. The van der Waals surface area contributed by atoms with Gasteiger partial charge in [0.1, 0.15) is 23.6 Å². The molecule has 0 unspecified atom stereocenters. The van der Waals surface area contributed by atoms with E-state index in [2.05, 4.69) is 20.5 Å². The van der Waals surface area contributed by atoms with E-state index in [9.17, 15) is 9.59 Å². The molecule has 2 amide bonds.